The van der Waals surface area contributed by atoms with E-state index in [2.05, 4.69) is 34.2 Å². The van der Waals surface area contributed by atoms with E-state index in [1.54, 1.807) is 0 Å². The Morgan fingerprint density at radius 3 is 2.88 bits per heavy atom. The van der Waals surface area contributed by atoms with E-state index in [1.807, 2.05) is 12.3 Å². The van der Waals surface area contributed by atoms with Crippen LogP contribution in [0.4, 0.5) is 0 Å². The van der Waals surface area contributed by atoms with Crippen molar-refractivity contribution in [2.75, 3.05) is 0 Å². The highest BCUT2D eigenvalue weighted by atomic mass is 79.9. The molecule has 1 atom stereocenters. The van der Waals surface area contributed by atoms with Crippen LogP contribution >= 0.6 is 15.9 Å². The number of dihydropyridines is 1. The van der Waals surface area contributed by atoms with Crippen LogP contribution < -0.4 is 5.32 Å². The van der Waals surface area contributed by atoms with Gasteiger partial charge in [-0.3, -0.25) is 0 Å². The predicted molar refractivity (Wildman–Crippen MR) is 38.7 cm³/mol. The molecule has 1 heterocycles. The van der Waals surface area contributed by atoms with Crippen LogP contribution in [0, 0.1) is 0 Å². The van der Waals surface area contributed by atoms with Gasteiger partial charge in [-0.05, 0) is 25.3 Å². The van der Waals surface area contributed by atoms with Crippen molar-refractivity contribution in [3.05, 3.63) is 22.8 Å². The number of nitrogens with one attached hydrogen (secondary N) is 1. The Kier molecular flexibility index (Phi) is 1.73. The van der Waals surface area contributed by atoms with Gasteiger partial charge < -0.3 is 5.32 Å². The van der Waals surface area contributed by atoms with Gasteiger partial charge in [0.15, 0.2) is 0 Å². The number of allylic oxidation sites excluding steroid dienone is 2. The summed E-state index contributed by atoms with van der Waals surface area (Å²) in [6, 6.07) is 0.467. The highest BCUT2D eigenvalue weighted by Crippen LogP contribution is 2.10. The highest BCUT2D eigenvalue weighted by Gasteiger charge is 1.97. The molecule has 1 aliphatic rings. The molecule has 0 fully saturated rings. The van der Waals surface area contributed by atoms with Gasteiger partial charge in [0.05, 0.1) is 0 Å². The fourth-order valence-corrected chi connectivity index (χ4v) is 1.15. The van der Waals surface area contributed by atoms with Crippen molar-refractivity contribution in [2.24, 2.45) is 0 Å². The molecule has 0 aromatic heterocycles. The van der Waals surface area contributed by atoms with Gasteiger partial charge >= 0.3 is 0 Å². The van der Waals surface area contributed by atoms with Crippen LogP contribution in [-0.4, -0.2) is 6.04 Å². The van der Waals surface area contributed by atoms with Crippen molar-refractivity contribution < 1.29 is 0 Å². The molecule has 0 radical (unpaired) electrons. The third-order valence-corrected chi connectivity index (χ3v) is 1.54. The van der Waals surface area contributed by atoms with Gasteiger partial charge in [0.1, 0.15) is 0 Å². The summed E-state index contributed by atoms with van der Waals surface area (Å²) in [7, 11) is 0. The Labute approximate surface area is 57.6 Å². The summed E-state index contributed by atoms with van der Waals surface area (Å²) < 4.78 is 1.16. The van der Waals surface area contributed by atoms with E-state index in [1.165, 1.54) is 0 Å². The van der Waals surface area contributed by atoms with Gasteiger partial charge in [0, 0.05) is 10.5 Å². The van der Waals surface area contributed by atoms with Crippen molar-refractivity contribution in [2.45, 2.75) is 13.0 Å². The summed E-state index contributed by atoms with van der Waals surface area (Å²) in [5.74, 6) is 0. The number of halogens is 1. The van der Waals surface area contributed by atoms with Crippen LogP contribution in [0.5, 0.6) is 0 Å². The summed E-state index contributed by atoms with van der Waals surface area (Å²) in [5.41, 5.74) is 0. The zero-order valence-electron chi connectivity index (χ0n) is 4.69. The second kappa shape index (κ2) is 2.35. The first-order valence-electron chi connectivity index (χ1n) is 2.59. The zero-order valence-corrected chi connectivity index (χ0v) is 6.27. The molecule has 0 aromatic rings. The van der Waals surface area contributed by atoms with Gasteiger partial charge in [-0.25, -0.2) is 0 Å². The fraction of sp³-hybridized carbons (Fsp3) is 0.333. The normalized spacial score (nSPS) is 26.8. The second-order valence-electron chi connectivity index (χ2n) is 1.84. The Morgan fingerprint density at radius 2 is 2.50 bits per heavy atom. The molecule has 0 bridgehead atoms. The second-order valence-corrected chi connectivity index (χ2v) is 2.76. The molecule has 8 heavy (non-hydrogen) atoms. The molecule has 44 valence electrons. The molecule has 1 rings (SSSR count). The molecule has 1 nitrogen and oxygen atoms in total. The summed E-state index contributed by atoms with van der Waals surface area (Å²) in [6.07, 6.45) is 6.04. The first-order chi connectivity index (χ1) is 3.79. The standard InChI is InChI=1S/C6H8BrN/c1-5-4-6(7)2-3-8-5/h2-5,8H,1H3. The molecule has 0 amide bonds. The summed E-state index contributed by atoms with van der Waals surface area (Å²) in [5, 5.41) is 3.13. The molecule has 0 aromatic carbocycles. The molecule has 0 saturated heterocycles. The summed E-state index contributed by atoms with van der Waals surface area (Å²) in [6.45, 7) is 2.10. The SMILES string of the molecule is CC1C=C(Br)C=CN1. The van der Waals surface area contributed by atoms with Gasteiger partial charge in [-0.1, -0.05) is 15.9 Å². The molecule has 1 unspecified atom stereocenters. The number of rotatable bonds is 0. The van der Waals surface area contributed by atoms with E-state index in [0.717, 1.165) is 4.48 Å². The van der Waals surface area contributed by atoms with Crippen LogP contribution in [0.2, 0.25) is 0 Å². The van der Waals surface area contributed by atoms with Crippen LogP contribution in [0.15, 0.2) is 22.8 Å². The van der Waals surface area contributed by atoms with Crippen LogP contribution in [0.25, 0.3) is 0 Å². The average molecular weight is 174 g/mol. The van der Waals surface area contributed by atoms with E-state index in [4.69, 9.17) is 0 Å². The van der Waals surface area contributed by atoms with E-state index in [9.17, 15) is 0 Å². The predicted octanol–water partition coefficient (Wildman–Crippen LogP) is 1.77. The quantitative estimate of drug-likeness (QED) is 0.590. The lowest BCUT2D eigenvalue weighted by atomic mass is 10.2. The fourth-order valence-electron chi connectivity index (χ4n) is 0.622. The van der Waals surface area contributed by atoms with Gasteiger partial charge in [0.25, 0.3) is 0 Å². The summed E-state index contributed by atoms with van der Waals surface area (Å²) >= 11 is 3.36. The first-order valence-corrected chi connectivity index (χ1v) is 3.38. The lowest BCUT2D eigenvalue weighted by Crippen LogP contribution is -2.19. The minimum atomic E-state index is 0.467. The van der Waals surface area contributed by atoms with Crippen LogP contribution in [0.1, 0.15) is 6.92 Å². The molecular weight excluding hydrogens is 166 g/mol. The Morgan fingerprint density at radius 1 is 1.75 bits per heavy atom. The Balaban J connectivity index is 2.63. The zero-order chi connectivity index (χ0) is 5.98. The molecule has 1 aliphatic heterocycles. The van der Waals surface area contributed by atoms with Gasteiger partial charge in [-0.15, -0.1) is 0 Å². The van der Waals surface area contributed by atoms with Crippen LogP contribution in [-0.2, 0) is 0 Å². The molecular formula is C6H8BrN. The minimum absolute atomic E-state index is 0.467. The molecule has 0 saturated carbocycles. The monoisotopic (exact) mass is 173 g/mol. The Bertz CT molecular complexity index is 137. The third-order valence-electron chi connectivity index (χ3n) is 1.01. The minimum Gasteiger partial charge on any atom is -0.385 e. The summed E-state index contributed by atoms with van der Waals surface area (Å²) in [4.78, 5) is 0. The molecule has 0 aliphatic carbocycles. The van der Waals surface area contributed by atoms with Crippen molar-refractivity contribution in [3.63, 3.8) is 0 Å². The molecule has 0 spiro atoms. The first kappa shape index (κ1) is 5.89. The maximum Gasteiger partial charge on any atom is 0.0424 e. The molecule has 2 heteroatoms. The third kappa shape index (κ3) is 1.37. The maximum absolute atomic E-state index is 3.36. The van der Waals surface area contributed by atoms with Crippen molar-refractivity contribution in [1.82, 2.24) is 5.32 Å². The van der Waals surface area contributed by atoms with E-state index in [0.29, 0.717) is 6.04 Å². The number of hydrogen-bond acceptors (Lipinski definition) is 1. The molecule has 1 N–H and O–H groups in total. The van der Waals surface area contributed by atoms with Gasteiger partial charge in [0.2, 0.25) is 0 Å². The highest BCUT2D eigenvalue weighted by molar-refractivity contribution is 9.11. The van der Waals surface area contributed by atoms with E-state index >= 15 is 0 Å². The van der Waals surface area contributed by atoms with E-state index in [-0.39, 0.29) is 0 Å². The Hall–Kier alpha value is -0.240. The van der Waals surface area contributed by atoms with Crippen molar-refractivity contribution in [1.29, 1.82) is 0 Å². The van der Waals surface area contributed by atoms with Crippen LogP contribution in [0.3, 0.4) is 0 Å². The topological polar surface area (TPSA) is 12.0 Å². The lowest BCUT2D eigenvalue weighted by molar-refractivity contribution is 0.760. The average Bonchev–Trinajstić information content (AvgIpc) is 1.64. The van der Waals surface area contributed by atoms with E-state index < -0.39 is 0 Å². The maximum atomic E-state index is 3.36. The van der Waals surface area contributed by atoms with Crippen molar-refractivity contribution in [3.8, 4) is 0 Å². The smallest absolute Gasteiger partial charge is 0.0424 e. The largest absolute Gasteiger partial charge is 0.385 e. The number of hydrogen-bond donors (Lipinski definition) is 1. The van der Waals surface area contributed by atoms with Gasteiger partial charge in [-0.2, -0.15) is 0 Å². The lowest BCUT2D eigenvalue weighted by Gasteiger charge is -2.10. The van der Waals surface area contributed by atoms with Crippen molar-refractivity contribution >= 4 is 15.9 Å².